The van der Waals surface area contributed by atoms with E-state index in [1.165, 1.54) is 0 Å². The quantitative estimate of drug-likeness (QED) is 0.741. The van der Waals surface area contributed by atoms with Gasteiger partial charge in [0.1, 0.15) is 18.5 Å². The molecule has 15 heavy (non-hydrogen) atoms. The van der Waals surface area contributed by atoms with Crippen LogP contribution in [-0.4, -0.2) is 38.5 Å². The van der Waals surface area contributed by atoms with Crippen molar-refractivity contribution >= 4 is 5.69 Å². The summed E-state index contributed by atoms with van der Waals surface area (Å²) in [5.74, 6) is 0.744. The largest absolute Gasteiger partial charge is 0.491 e. The van der Waals surface area contributed by atoms with Gasteiger partial charge in [-0.25, -0.2) is 0 Å². The number of aliphatic hydroxyl groups excluding tert-OH is 1. The van der Waals surface area contributed by atoms with Gasteiger partial charge in [0, 0.05) is 32.4 Å². The number of benzene rings is 1. The van der Waals surface area contributed by atoms with Gasteiger partial charge in [-0.3, -0.25) is 0 Å². The number of hydrogen-bond donors (Lipinski definition) is 2. The van der Waals surface area contributed by atoms with Crippen molar-refractivity contribution in [1.82, 2.24) is 0 Å². The zero-order chi connectivity index (χ0) is 11.3. The molecule has 0 bridgehead atoms. The highest BCUT2D eigenvalue weighted by atomic mass is 16.5. The molecule has 1 rings (SSSR count). The van der Waals surface area contributed by atoms with Gasteiger partial charge in [0.2, 0.25) is 0 Å². The molecular formula is C11H18N2O2. The Balaban J connectivity index is 2.58. The molecule has 0 amide bonds. The molecule has 1 aromatic rings. The highest BCUT2D eigenvalue weighted by molar-refractivity contribution is 5.49. The number of nitrogens with two attached hydrogens (primary N) is 1. The summed E-state index contributed by atoms with van der Waals surface area (Å²) in [6.45, 7) is 0.445. The molecule has 4 nitrogen and oxygen atoms in total. The highest BCUT2D eigenvalue weighted by Crippen LogP contribution is 2.19. The Morgan fingerprint density at radius 2 is 2.20 bits per heavy atom. The zero-order valence-corrected chi connectivity index (χ0v) is 9.18. The average molecular weight is 210 g/mol. The Morgan fingerprint density at radius 1 is 1.47 bits per heavy atom. The molecule has 0 aliphatic carbocycles. The Kier molecular flexibility index (Phi) is 4.39. The number of hydrogen-bond acceptors (Lipinski definition) is 4. The van der Waals surface area contributed by atoms with E-state index in [2.05, 4.69) is 0 Å². The minimum absolute atomic E-state index is 0.216. The van der Waals surface area contributed by atoms with E-state index >= 15 is 0 Å². The summed E-state index contributed by atoms with van der Waals surface area (Å²) >= 11 is 0. The van der Waals surface area contributed by atoms with Gasteiger partial charge in [-0.15, -0.1) is 0 Å². The molecule has 0 aliphatic rings. The molecular weight excluding hydrogens is 192 g/mol. The maximum absolute atomic E-state index is 9.24. The van der Waals surface area contributed by atoms with E-state index in [1.807, 2.05) is 43.3 Å². The second kappa shape index (κ2) is 5.58. The van der Waals surface area contributed by atoms with E-state index in [4.69, 9.17) is 10.5 Å². The van der Waals surface area contributed by atoms with Crippen molar-refractivity contribution in [1.29, 1.82) is 0 Å². The number of rotatable bonds is 5. The molecule has 0 saturated carbocycles. The molecule has 0 saturated heterocycles. The van der Waals surface area contributed by atoms with E-state index < -0.39 is 6.10 Å². The Morgan fingerprint density at radius 3 is 2.80 bits per heavy atom. The third-order valence-electron chi connectivity index (χ3n) is 2.05. The predicted molar refractivity (Wildman–Crippen MR) is 61.3 cm³/mol. The minimum Gasteiger partial charge on any atom is -0.491 e. The fourth-order valence-electron chi connectivity index (χ4n) is 1.11. The second-order valence-electron chi connectivity index (χ2n) is 3.59. The number of anilines is 1. The van der Waals surface area contributed by atoms with Crippen molar-refractivity contribution in [3.8, 4) is 5.75 Å². The first-order valence-corrected chi connectivity index (χ1v) is 4.92. The number of aliphatic hydroxyl groups is 1. The lowest BCUT2D eigenvalue weighted by molar-refractivity contribution is 0.114. The van der Waals surface area contributed by atoms with E-state index in [0.717, 1.165) is 11.4 Å². The molecule has 0 aromatic heterocycles. The van der Waals surface area contributed by atoms with Gasteiger partial charge in [0.15, 0.2) is 0 Å². The van der Waals surface area contributed by atoms with Crippen LogP contribution in [0.4, 0.5) is 5.69 Å². The third kappa shape index (κ3) is 3.77. The van der Waals surface area contributed by atoms with Crippen molar-refractivity contribution in [3.05, 3.63) is 24.3 Å². The first-order chi connectivity index (χ1) is 7.13. The van der Waals surface area contributed by atoms with Gasteiger partial charge in [-0.1, -0.05) is 6.07 Å². The fraction of sp³-hybridized carbons (Fsp3) is 0.455. The second-order valence-corrected chi connectivity index (χ2v) is 3.59. The minimum atomic E-state index is -0.604. The zero-order valence-electron chi connectivity index (χ0n) is 9.18. The molecule has 1 aromatic carbocycles. The Hall–Kier alpha value is -1.26. The monoisotopic (exact) mass is 210 g/mol. The molecule has 1 unspecified atom stereocenters. The van der Waals surface area contributed by atoms with Crippen molar-refractivity contribution in [2.24, 2.45) is 5.73 Å². The summed E-state index contributed by atoms with van der Waals surface area (Å²) in [6.07, 6.45) is -0.604. The maximum atomic E-state index is 9.24. The number of nitrogens with zero attached hydrogens (tertiary/aromatic N) is 1. The Labute approximate surface area is 90.3 Å². The average Bonchev–Trinajstić information content (AvgIpc) is 2.26. The van der Waals surface area contributed by atoms with Crippen LogP contribution in [0, 0.1) is 0 Å². The summed E-state index contributed by atoms with van der Waals surface area (Å²) in [5.41, 5.74) is 6.34. The molecule has 0 radical (unpaired) electrons. The van der Waals surface area contributed by atoms with Crippen LogP contribution in [0.15, 0.2) is 24.3 Å². The first-order valence-electron chi connectivity index (χ1n) is 4.92. The van der Waals surface area contributed by atoms with Crippen LogP contribution >= 0.6 is 0 Å². The predicted octanol–water partition coefficient (Wildman–Crippen LogP) is 0.451. The van der Waals surface area contributed by atoms with Crippen molar-refractivity contribution in [2.45, 2.75) is 6.10 Å². The fourth-order valence-corrected chi connectivity index (χ4v) is 1.11. The van der Waals surface area contributed by atoms with Gasteiger partial charge < -0.3 is 20.5 Å². The van der Waals surface area contributed by atoms with Crippen LogP contribution in [-0.2, 0) is 0 Å². The molecule has 0 spiro atoms. The molecule has 3 N–H and O–H groups in total. The standard InChI is InChI=1S/C11H18N2O2/c1-13(2)9-4-3-5-11(6-9)15-8-10(14)7-12/h3-6,10,14H,7-8,12H2,1-2H3. The smallest absolute Gasteiger partial charge is 0.121 e. The van der Waals surface area contributed by atoms with Crippen molar-refractivity contribution in [3.63, 3.8) is 0 Å². The first kappa shape index (κ1) is 11.8. The van der Waals surface area contributed by atoms with E-state index in [0.29, 0.717) is 0 Å². The summed E-state index contributed by atoms with van der Waals surface area (Å²) < 4.78 is 5.39. The summed E-state index contributed by atoms with van der Waals surface area (Å²) in [5, 5.41) is 9.24. The van der Waals surface area contributed by atoms with Crippen LogP contribution in [0.1, 0.15) is 0 Å². The molecule has 4 heteroatoms. The van der Waals surface area contributed by atoms with Crippen LogP contribution in [0.3, 0.4) is 0 Å². The molecule has 0 fully saturated rings. The molecule has 1 atom stereocenters. The molecule has 0 aliphatic heterocycles. The van der Waals surface area contributed by atoms with Gasteiger partial charge >= 0.3 is 0 Å². The van der Waals surface area contributed by atoms with E-state index in [1.54, 1.807) is 0 Å². The van der Waals surface area contributed by atoms with Crippen LogP contribution < -0.4 is 15.4 Å². The number of ether oxygens (including phenoxy) is 1. The summed E-state index contributed by atoms with van der Waals surface area (Å²) in [7, 11) is 3.93. The lowest BCUT2D eigenvalue weighted by Gasteiger charge is -2.15. The normalized spacial score (nSPS) is 12.3. The van der Waals surface area contributed by atoms with E-state index in [-0.39, 0.29) is 13.2 Å². The van der Waals surface area contributed by atoms with Crippen LogP contribution in [0.2, 0.25) is 0 Å². The van der Waals surface area contributed by atoms with Crippen LogP contribution in [0.5, 0.6) is 5.75 Å². The Bertz CT molecular complexity index is 302. The molecule has 84 valence electrons. The third-order valence-corrected chi connectivity index (χ3v) is 2.05. The lowest BCUT2D eigenvalue weighted by atomic mass is 10.3. The van der Waals surface area contributed by atoms with Gasteiger partial charge in [-0.2, -0.15) is 0 Å². The van der Waals surface area contributed by atoms with Crippen LogP contribution in [0.25, 0.3) is 0 Å². The summed E-state index contributed by atoms with van der Waals surface area (Å²) in [4.78, 5) is 1.99. The van der Waals surface area contributed by atoms with Gasteiger partial charge in [-0.05, 0) is 12.1 Å². The molecule has 0 heterocycles. The summed E-state index contributed by atoms with van der Waals surface area (Å²) in [6, 6.07) is 7.69. The van der Waals surface area contributed by atoms with E-state index in [9.17, 15) is 5.11 Å². The van der Waals surface area contributed by atoms with Crippen molar-refractivity contribution in [2.75, 3.05) is 32.1 Å². The maximum Gasteiger partial charge on any atom is 0.121 e. The van der Waals surface area contributed by atoms with Gasteiger partial charge in [0.05, 0.1) is 0 Å². The van der Waals surface area contributed by atoms with Crippen molar-refractivity contribution < 1.29 is 9.84 Å². The SMILES string of the molecule is CN(C)c1cccc(OCC(O)CN)c1. The highest BCUT2D eigenvalue weighted by Gasteiger charge is 2.03. The van der Waals surface area contributed by atoms with Gasteiger partial charge in [0.25, 0.3) is 0 Å². The lowest BCUT2D eigenvalue weighted by Crippen LogP contribution is -2.26. The topological polar surface area (TPSA) is 58.7 Å².